The average molecular weight is 322 g/mol. The quantitative estimate of drug-likeness (QED) is 0.861. The Morgan fingerprint density at radius 1 is 1.10 bits per heavy atom. The highest BCUT2D eigenvalue weighted by Crippen LogP contribution is 2.33. The van der Waals surface area contributed by atoms with Crippen LogP contribution in [0.15, 0.2) is 36.4 Å². The molecule has 0 fully saturated rings. The highest BCUT2D eigenvalue weighted by atomic mass is 35.5. The van der Waals surface area contributed by atoms with E-state index in [1.165, 1.54) is 11.1 Å². The third-order valence-corrected chi connectivity index (χ3v) is 4.58. The van der Waals surface area contributed by atoms with Gasteiger partial charge in [0.25, 0.3) is 0 Å². The van der Waals surface area contributed by atoms with Gasteiger partial charge in [-0.25, -0.2) is 0 Å². The van der Waals surface area contributed by atoms with Gasteiger partial charge in [-0.3, -0.25) is 0 Å². The Hall–Kier alpha value is -1.38. The lowest BCUT2D eigenvalue weighted by atomic mass is 9.88. The summed E-state index contributed by atoms with van der Waals surface area (Å²) in [6.07, 6.45) is 3.08. The predicted octanol–water partition coefficient (Wildman–Crippen LogP) is 4.97. The Morgan fingerprint density at radius 3 is 2.57 bits per heavy atom. The van der Waals surface area contributed by atoms with Crippen molar-refractivity contribution in [2.45, 2.75) is 25.3 Å². The number of hydrogen-bond donors (Lipinski definition) is 1. The van der Waals surface area contributed by atoms with Crippen LogP contribution in [-0.4, -0.2) is 13.2 Å². The molecule has 0 spiro atoms. The molecule has 2 aromatic carbocycles. The molecule has 21 heavy (non-hydrogen) atoms. The fourth-order valence-electron chi connectivity index (χ4n) is 2.82. The molecule has 1 N–H and O–H groups in total. The lowest BCUT2D eigenvalue weighted by Crippen LogP contribution is -2.27. The number of aryl methyl sites for hydroxylation is 1. The lowest BCUT2D eigenvalue weighted by Gasteiger charge is -2.27. The van der Waals surface area contributed by atoms with Gasteiger partial charge >= 0.3 is 0 Å². The van der Waals surface area contributed by atoms with E-state index >= 15 is 0 Å². The maximum Gasteiger partial charge on any atom is 0.119 e. The van der Waals surface area contributed by atoms with Gasteiger partial charge in [0.1, 0.15) is 5.75 Å². The van der Waals surface area contributed by atoms with Crippen LogP contribution in [-0.2, 0) is 12.8 Å². The number of fused-ring (bicyclic) bond motifs is 1. The first-order valence-electron chi connectivity index (χ1n) is 7.03. The summed E-state index contributed by atoms with van der Waals surface area (Å²) in [4.78, 5) is 0. The van der Waals surface area contributed by atoms with Gasteiger partial charge in [-0.05, 0) is 54.7 Å². The molecule has 2 nitrogen and oxygen atoms in total. The van der Waals surface area contributed by atoms with Gasteiger partial charge in [0, 0.05) is 6.04 Å². The van der Waals surface area contributed by atoms with Crippen LogP contribution in [0.2, 0.25) is 10.0 Å². The van der Waals surface area contributed by atoms with Gasteiger partial charge < -0.3 is 10.1 Å². The van der Waals surface area contributed by atoms with Crippen molar-refractivity contribution in [2.75, 3.05) is 12.4 Å². The second-order valence-corrected chi connectivity index (χ2v) is 6.13. The maximum absolute atomic E-state index is 6.23. The zero-order valence-electron chi connectivity index (χ0n) is 11.8. The van der Waals surface area contributed by atoms with Gasteiger partial charge in [0.05, 0.1) is 22.8 Å². The molecule has 0 aliphatic heterocycles. The molecule has 3 rings (SSSR count). The number of benzene rings is 2. The first kappa shape index (κ1) is 14.6. The molecule has 110 valence electrons. The summed E-state index contributed by atoms with van der Waals surface area (Å²) in [5.74, 6) is 0.908. The standard InChI is InChI=1S/C17H17Cl2NO/c1-21-14-8-6-11-5-7-13(9-12(11)10-14)20-17-15(18)3-2-4-16(17)19/h2-4,6,8,10,13,20H,5,7,9H2,1H3. The van der Waals surface area contributed by atoms with Crippen LogP contribution in [0.5, 0.6) is 5.75 Å². The Kier molecular flexibility index (Phi) is 4.27. The second-order valence-electron chi connectivity index (χ2n) is 5.32. The Bertz CT molecular complexity index is 637. The zero-order chi connectivity index (χ0) is 14.8. The van der Waals surface area contributed by atoms with Crippen molar-refractivity contribution in [3.8, 4) is 5.75 Å². The van der Waals surface area contributed by atoms with E-state index in [9.17, 15) is 0 Å². The SMILES string of the molecule is COc1ccc2c(c1)CC(Nc1c(Cl)cccc1Cl)CC2. The minimum Gasteiger partial charge on any atom is -0.497 e. The number of halogens is 2. The van der Waals surface area contributed by atoms with Crippen molar-refractivity contribution in [3.05, 3.63) is 57.6 Å². The number of methoxy groups -OCH3 is 1. The molecular formula is C17H17Cl2NO. The number of anilines is 1. The van der Waals surface area contributed by atoms with E-state index in [1.807, 2.05) is 24.3 Å². The van der Waals surface area contributed by atoms with Gasteiger partial charge in [-0.1, -0.05) is 35.3 Å². The van der Waals surface area contributed by atoms with Gasteiger partial charge in [-0.15, -0.1) is 0 Å². The van der Waals surface area contributed by atoms with Crippen molar-refractivity contribution in [1.29, 1.82) is 0 Å². The van der Waals surface area contributed by atoms with E-state index in [2.05, 4.69) is 17.4 Å². The van der Waals surface area contributed by atoms with Crippen LogP contribution >= 0.6 is 23.2 Å². The molecule has 0 saturated carbocycles. The molecule has 1 atom stereocenters. The van der Waals surface area contributed by atoms with Crippen molar-refractivity contribution in [1.82, 2.24) is 0 Å². The number of nitrogens with one attached hydrogen (secondary N) is 1. The van der Waals surface area contributed by atoms with Gasteiger partial charge in [-0.2, -0.15) is 0 Å². The monoisotopic (exact) mass is 321 g/mol. The van der Waals surface area contributed by atoms with E-state index in [4.69, 9.17) is 27.9 Å². The van der Waals surface area contributed by atoms with Crippen molar-refractivity contribution in [2.24, 2.45) is 0 Å². The fraction of sp³-hybridized carbons (Fsp3) is 0.294. The molecule has 0 radical (unpaired) electrons. The average Bonchev–Trinajstić information content (AvgIpc) is 2.50. The Morgan fingerprint density at radius 2 is 1.86 bits per heavy atom. The third-order valence-electron chi connectivity index (χ3n) is 3.95. The van der Waals surface area contributed by atoms with E-state index < -0.39 is 0 Å². The number of hydrogen-bond acceptors (Lipinski definition) is 2. The van der Waals surface area contributed by atoms with E-state index in [-0.39, 0.29) is 0 Å². The van der Waals surface area contributed by atoms with Crippen molar-refractivity contribution in [3.63, 3.8) is 0 Å². The molecule has 0 bridgehead atoms. The highest BCUT2D eigenvalue weighted by molar-refractivity contribution is 6.39. The molecule has 1 aliphatic rings. The summed E-state index contributed by atoms with van der Waals surface area (Å²) >= 11 is 12.5. The topological polar surface area (TPSA) is 21.3 Å². The number of ether oxygens (including phenoxy) is 1. The van der Waals surface area contributed by atoms with E-state index in [0.717, 1.165) is 30.7 Å². The third kappa shape index (κ3) is 3.12. The summed E-state index contributed by atoms with van der Waals surface area (Å²) in [6.45, 7) is 0. The molecule has 0 saturated heterocycles. The Balaban J connectivity index is 1.80. The second kappa shape index (κ2) is 6.17. The molecule has 4 heteroatoms. The van der Waals surface area contributed by atoms with Crippen LogP contribution < -0.4 is 10.1 Å². The van der Waals surface area contributed by atoms with Crippen LogP contribution in [0, 0.1) is 0 Å². The Labute approximate surface area is 135 Å². The van der Waals surface area contributed by atoms with E-state index in [1.54, 1.807) is 7.11 Å². The summed E-state index contributed by atoms with van der Waals surface area (Å²) in [6, 6.07) is 12.2. The first-order valence-corrected chi connectivity index (χ1v) is 7.79. The van der Waals surface area contributed by atoms with Crippen molar-refractivity contribution >= 4 is 28.9 Å². The van der Waals surface area contributed by atoms with Crippen molar-refractivity contribution < 1.29 is 4.74 Å². The first-order chi connectivity index (χ1) is 10.2. The lowest BCUT2D eigenvalue weighted by molar-refractivity contribution is 0.413. The summed E-state index contributed by atoms with van der Waals surface area (Å²) in [7, 11) is 1.70. The molecule has 0 aromatic heterocycles. The number of para-hydroxylation sites is 1. The van der Waals surface area contributed by atoms with Gasteiger partial charge in [0.2, 0.25) is 0 Å². The summed E-state index contributed by atoms with van der Waals surface area (Å²) < 4.78 is 5.31. The zero-order valence-corrected chi connectivity index (χ0v) is 13.3. The van der Waals surface area contributed by atoms with Crippen LogP contribution in [0.1, 0.15) is 17.5 Å². The fourth-order valence-corrected chi connectivity index (χ4v) is 3.33. The molecular weight excluding hydrogens is 305 g/mol. The van der Waals surface area contributed by atoms with Crippen LogP contribution in [0.3, 0.4) is 0 Å². The minimum atomic E-state index is 0.335. The molecule has 2 aromatic rings. The summed E-state index contributed by atoms with van der Waals surface area (Å²) in [5.41, 5.74) is 3.57. The van der Waals surface area contributed by atoms with Crippen LogP contribution in [0.4, 0.5) is 5.69 Å². The molecule has 1 unspecified atom stereocenters. The molecule has 1 aliphatic carbocycles. The molecule has 0 heterocycles. The van der Waals surface area contributed by atoms with E-state index in [0.29, 0.717) is 16.1 Å². The normalized spacial score (nSPS) is 17.2. The predicted molar refractivity (Wildman–Crippen MR) is 88.9 cm³/mol. The number of rotatable bonds is 3. The smallest absolute Gasteiger partial charge is 0.119 e. The summed E-state index contributed by atoms with van der Waals surface area (Å²) in [5, 5.41) is 4.82. The maximum atomic E-state index is 6.23. The molecule has 0 amide bonds. The largest absolute Gasteiger partial charge is 0.497 e. The van der Waals surface area contributed by atoms with Gasteiger partial charge in [0.15, 0.2) is 0 Å². The minimum absolute atomic E-state index is 0.335. The highest BCUT2D eigenvalue weighted by Gasteiger charge is 2.20. The van der Waals surface area contributed by atoms with Crippen LogP contribution in [0.25, 0.3) is 0 Å².